The summed E-state index contributed by atoms with van der Waals surface area (Å²) in [5.74, 6) is -5.90. The Kier molecular flexibility index (Phi) is 24.1. The summed E-state index contributed by atoms with van der Waals surface area (Å²) < 4.78 is 132. The Morgan fingerprint density at radius 1 is 0.222 bits per heavy atom. The van der Waals surface area contributed by atoms with Crippen molar-refractivity contribution in [1.29, 1.82) is 10.5 Å². The molecule has 0 fully saturated rings. The molecule has 0 amide bonds. The molecule has 0 saturated carbocycles. The minimum atomic E-state index is -2.00. The number of rotatable bonds is 20. The van der Waals surface area contributed by atoms with Crippen LogP contribution in [-0.2, 0) is 0 Å². The highest BCUT2D eigenvalue weighted by Crippen LogP contribution is 2.54. The second-order valence-corrected chi connectivity index (χ2v) is 47.8. The third-order valence-corrected chi connectivity index (χ3v) is 31.1. The molecule has 22 aromatic rings. The summed E-state index contributed by atoms with van der Waals surface area (Å²) in [7, 11) is -4.01. The maximum absolute atomic E-state index is 16.8. The smallest absolute Gasteiger partial charge is 0.187 e. The van der Waals surface area contributed by atoms with Crippen molar-refractivity contribution in [3.63, 3.8) is 0 Å². The Morgan fingerprint density at radius 3 is 0.729 bits per heavy atom. The zero-order chi connectivity index (χ0) is 99.7. The molecule has 22 rings (SSSR count). The third kappa shape index (κ3) is 17.0. The Labute approximate surface area is 829 Å². The molecule has 144 heavy (non-hydrogen) atoms. The molecule has 0 aromatic heterocycles. The fourth-order valence-electron chi connectivity index (χ4n) is 20.1. The van der Waals surface area contributed by atoms with Crippen LogP contribution in [-0.4, -0.2) is 16.1 Å². The van der Waals surface area contributed by atoms with Gasteiger partial charge in [0.25, 0.3) is 0 Å². The first-order valence-corrected chi connectivity index (χ1v) is 53.8. The quantitative estimate of drug-likeness (QED) is 0.0328. The number of nitrogens with zero attached hydrogens (tertiary/aromatic N) is 8. The van der Waals surface area contributed by atoms with Gasteiger partial charge in [0, 0.05) is 90.8 Å². The maximum atomic E-state index is 16.8. The van der Waals surface area contributed by atoms with E-state index in [0.29, 0.717) is 90.3 Å². The molecule has 0 unspecified atom stereocenters. The highest BCUT2D eigenvalue weighted by atomic mass is 28.3. The van der Waals surface area contributed by atoms with Crippen LogP contribution in [0.15, 0.2) is 400 Å². The van der Waals surface area contributed by atoms with Crippen molar-refractivity contribution in [3.8, 4) is 78.9 Å². The first-order chi connectivity index (χ1) is 69.8. The standard InChI is InChI=1S/C66H38F4N4.C60H46F4N4Si2/c1-72-50-26-30-52(31-27-50)74(64-37-56(58(68)39-60(64)70)47-20-16-45(17-21-47)43-10-6-3-7-11-43)62-35-25-49-22-32-53-61(34-24-48-23-33-54(62)66(49)65(48)53)73(51-28-12-41(40-71)13-29-51)63-36-55(57(67)38-59(63)69)46-18-14-44(15-19-46)42-8-4-2-5-9-42;1-66-40-22-26-42(27-23-40)68(56-33-48(50(62)35-52(56)64)44-13-9-11-15-58(44)70(5,6)7)54-31-21-39-18-28-45-53(30-20-38-19-29-46(54)60(39)59(38)45)67(41-24-16-37(36-65)17-25-41)55-32-47(49(61)34-51(55)63)43-12-8-10-14-57(43)69(2,3)4/h2-39H;8-35H,2-7H3. The third-order valence-electron chi connectivity index (χ3n) is 27.0. The van der Waals surface area contributed by atoms with Gasteiger partial charge in [0.15, 0.2) is 11.4 Å². The topological polar surface area (TPSA) is 69.3 Å². The molecular weight excluding hydrogens is 1830 g/mol. The van der Waals surface area contributed by atoms with Gasteiger partial charge in [-0.25, -0.2) is 44.8 Å². The van der Waals surface area contributed by atoms with Crippen LogP contribution in [0.2, 0.25) is 39.3 Å². The first-order valence-electron chi connectivity index (χ1n) is 46.8. The Balaban J connectivity index is 0.000000170. The fourth-order valence-corrected chi connectivity index (χ4v) is 23.3. The predicted octanol–water partition coefficient (Wildman–Crippen LogP) is 36.1. The van der Waals surface area contributed by atoms with Crippen molar-refractivity contribution < 1.29 is 35.1 Å². The summed E-state index contributed by atoms with van der Waals surface area (Å²) >= 11 is 0. The van der Waals surface area contributed by atoms with Gasteiger partial charge in [-0.3, -0.25) is 0 Å². The SMILES string of the molecule is [C-]#[N+]c1ccc(N(c2cc(-c3ccc(-c4ccccc4)cc3)c(F)cc2F)c2ccc3ccc4c(N(c5ccc(C#N)cc5)c5cc(-c6ccc(-c7ccccc7)cc6)c(F)cc5F)ccc5ccc2c3c54)cc1.[C-]#[N+]c1ccc(N(c2cc(-c3ccccc3[Si](C)(C)C)c(F)cc2F)c2ccc3ccc4c(N(c5ccc(C#N)cc5)c5cc(-c6ccccc6[Si](C)(C)C)c(F)cc5F)ccc5ccc2c3c54)cc1. The number of benzene rings is 22. The molecule has 0 bridgehead atoms. The molecular formula is C126H84F8N8Si2. The van der Waals surface area contributed by atoms with Gasteiger partial charge in [0.05, 0.1) is 98.1 Å². The Hall–Kier alpha value is -18.0. The molecule has 22 aromatic carbocycles. The summed E-state index contributed by atoms with van der Waals surface area (Å²) in [6.45, 7) is 28.5. The molecule has 8 nitrogen and oxygen atoms in total. The van der Waals surface area contributed by atoms with E-state index in [4.69, 9.17) is 13.1 Å². The summed E-state index contributed by atoms with van der Waals surface area (Å²) in [6, 6.07) is 123. The minimum absolute atomic E-state index is 0.0836. The van der Waals surface area contributed by atoms with Crippen LogP contribution in [0.1, 0.15) is 11.1 Å². The molecule has 0 aliphatic heterocycles. The normalized spacial score (nSPS) is 11.5. The van der Waals surface area contributed by atoms with Gasteiger partial charge in [0.1, 0.15) is 46.5 Å². The number of nitriles is 2. The van der Waals surface area contributed by atoms with Crippen LogP contribution in [0.5, 0.6) is 0 Å². The van der Waals surface area contributed by atoms with Crippen molar-refractivity contribution in [2.75, 3.05) is 19.6 Å². The van der Waals surface area contributed by atoms with Crippen molar-refractivity contribution in [3.05, 3.63) is 481 Å². The van der Waals surface area contributed by atoms with E-state index in [-0.39, 0.29) is 45.0 Å². The van der Waals surface area contributed by atoms with E-state index in [2.05, 4.69) is 61.1 Å². The molecule has 0 aliphatic rings. The van der Waals surface area contributed by atoms with Crippen LogP contribution in [0.4, 0.5) is 115 Å². The van der Waals surface area contributed by atoms with Crippen LogP contribution >= 0.6 is 0 Å². The molecule has 0 atom stereocenters. The average Bonchev–Trinajstić information content (AvgIpc) is 0.718. The van der Waals surface area contributed by atoms with Gasteiger partial charge in [0.2, 0.25) is 0 Å². The van der Waals surface area contributed by atoms with Crippen LogP contribution in [0.3, 0.4) is 0 Å². The van der Waals surface area contributed by atoms with Crippen molar-refractivity contribution >= 4 is 171 Å². The number of hydrogen-bond donors (Lipinski definition) is 0. The number of halogens is 8. The van der Waals surface area contributed by atoms with Crippen molar-refractivity contribution in [2.45, 2.75) is 39.3 Å². The predicted molar refractivity (Wildman–Crippen MR) is 579 cm³/mol. The lowest BCUT2D eigenvalue weighted by atomic mass is 9.91. The largest absolute Gasteiger partial charge is 0.307 e. The van der Waals surface area contributed by atoms with E-state index < -0.39 is 62.7 Å². The van der Waals surface area contributed by atoms with E-state index in [1.54, 1.807) is 129 Å². The molecule has 0 radical (unpaired) electrons. The molecule has 0 heterocycles. The monoisotopic (exact) mass is 1920 g/mol. The summed E-state index contributed by atoms with van der Waals surface area (Å²) in [5, 5.41) is 31.6. The van der Waals surface area contributed by atoms with Gasteiger partial charge in [-0.05, 0) is 209 Å². The number of hydrogen-bond acceptors (Lipinski definition) is 6. The molecule has 0 spiro atoms. The highest BCUT2D eigenvalue weighted by molar-refractivity contribution is 6.90. The van der Waals surface area contributed by atoms with E-state index in [1.165, 1.54) is 12.1 Å². The van der Waals surface area contributed by atoms with E-state index in [1.807, 2.05) is 255 Å². The lowest BCUT2D eigenvalue weighted by molar-refractivity contribution is 0.586. The van der Waals surface area contributed by atoms with Gasteiger partial charge >= 0.3 is 0 Å². The van der Waals surface area contributed by atoms with Gasteiger partial charge in [-0.15, -0.1) is 0 Å². The fraction of sp³-hybridized carbons (Fsp3) is 0.0476. The Bertz CT molecular complexity index is 8460. The Morgan fingerprint density at radius 2 is 0.458 bits per heavy atom. The highest BCUT2D eigenvalue weighted by Gasteiger charge is 2.33. The van der Waals surface area contributed by atoms with E-state index in [0.717, 1.165) is 122 Å². The van der Waals surface area contributed by atoms with Crippen molar-refractivity contribution in [2.24, 2.45) is 0 Å². The van der Waals surface area contributed by atoms with Crippen LogP contribution < -0.4 is 30.0 Å². The summed E-state index contributed by atoms with van der Waals surface area (Å²) in [6.07, 6.45) is 0. The molecule has 0 saturated heterocycles. The minimum Gasteiger partial charge on any atom is -0.307 e. The molecule has 692 valence electrons. The van der Waals surface area contributed by atoms with Crippen molar-refractivity contribution in [1.82, 2.24) is 0 Å². The zero-order valence-corrected chi connectivity index (χ0v) is 80.7. The van der Waals surface area contributed by atoms with Crippen LogP contribution in [0, 0.1) is 82.3 Å². The average molecular weight is 1920 g/mol. The lowest BCUT2D eigenvalue weighted by Gasteiger charge is -2.30. The lowest BCUT2D eigenvalue weighted by Crippen LogP contribution is -2.39. The second-order valence-electron chi connectivity index (χ2n) is 37.7. The zero-order valence-electron chi connectivity index (χ0n) is 78.7. The van der Waals surface area contributed by atoms with Crippen LogP contribution in [0.25, 0.3) is 141 Å². The summed E-state index contributed by atoms with van der Waals surface area (Å²) in [4.78, 5) is 14.3. The second kappa shape index (κ2) is 37.6. The molecule has 18 heteroatoms. The van der Waals surface area contributed by atoms with E-state index in [9.17, 15) is 10.5 Å². The van der Waals surface area contributed by atoms with E-state index >= 15 is 35.1 Å². The number of anilines is 12. The molecule has 0 N–H and O–H groups in total. The van der Waals surface area contributed by atoms with Gasteiger partial charge in [-0.2, -0.15) is 10.5 Å². The summed E-state index contributed by atoms with van der Waals surface area (Å²) in [5.41, 5.74) is 14.0. The van der Waals surface area contributed by atoms with Gasteiger partial charge < -0.3 is 19.6 Å². The first kappa shape index (κ1) is 92.3. The van der Waals surface area contributed by atoms with Gasteiger partial charge in [-0.1, -0.05) is 304 Å². The maximum Gasteiger partial charge on any atom is 0.187 e. The molecule has 0 aliphatic carbocycles.